The van der Waals surface area contributed by atoms with Gasteiger partial charge >= 0.3 is 18.3 Å². The molecule has 0 heterocycles. The number of carbonyl (C=O) groups excluding carboxylic acids is 1. The fourth-order valence-corrected chi connectivity index (χ4v) is 2.27. The van der Waals surface area contributed by atoms with Crippen molar-refractivity contribution in [3.8, 4) is 5.75 Å². The van der Waals surface area contributed by atoms with Gasteiger partial charge in [0.15, 0.2) is 0 Å². The van der Waals surface area contributed by atoms with Crippen LogP contribution in [0.3, 0.4) is 0 Å². The first-order valence-corrected chi connectivity index (χ1v) is 6.70. The molecule has 1 saturated carbocycles. The Morgan fingerprint density at radius 2 is 1.74 bits per heavy atom. The Hall–Kier alpha value is -2.51. The quantitative estimate of drug-likeness (QED) is 0.663. The van der Waals surface area contributed by atoms with Crippen LogP contribution in [0.15, 0.2) is 36.4 Å². The van der Waals surface area contributed by atoms with Crippen LogP contribution in [0.4, 0.5) is 13.2 Å². The summed E-state index contributed by atoms with van der Waals surface area (Å²) in [6, 6.07) is 5.08. The summed E-state index contributed by atoms with van der Waals surface area (Å²) in [6.07, 6.45) is -1.50. The number of benzene rings is 1. The van der Waals surface area contributed by atoms with E-state index in [1.807, 2.05) is 0 Å². The molecule has 23 heavy (non-hydrogen) atoms. The van der Waals surface area contributed by atoms with E-state index in [-0.39, 0.29) is 5.75 Å². The molecule has 5 nitrogen and oxygen atoms in total. The van der Waals surface area contributed by atoms with E-state index in [0.717, 1.165) is 24.6 Å². The van der Waals surface area contributed by atoms with Crippen LogP contribution in [0.1, 0.15) is 24.8 Å². The van der Waals surface area contributed by atoms with E-state index in [1.54, 1.807) is 0 Å². The predicted octanol–water partition coefficient (Wildman–Crippen LogP) is 3.15. The molecular formula is C15H13F3O5. The van der Waals surface area contributed by atoms with Crippen molar-refractivity contribution in [3.05, 3.63) is 42.0 Å². The number of rotatable bonds is 5. The first kappa shape index (κ1) is 16.9. The lowest BCUT2D eigenvalue weighted by atomic mass is 9.75. The van der Waals surface area contributed by atoms with E-state index in [2.05, 4.69) is 4.74 Å². The minimum Gasteiger partial charge on any atom is -0.478 e. The van der Waals surface area contributed by atoms with Gasteiger partial charge in [-0.1, -0.05) is 12.1 Å². The summed E-state index contributed by atoms with van der Waals surface area (Å²) >= 11 is 0. The molecule has 1 aliphatic rings. The number of ether oxygens (including phenoxy) is 2. The Bertz CT molecular complexity index is 615. The van der Waals surface area contributed by atoms with Crippen molar-refractivity contribution in [2.24, 2.45) is 0 Å². The molecule has 1 N–H and O–H groups in total. The van der Waals surface area contributed by atoms with Gasteiger partial charge in [-0.25, -0.2) is 9.59 Å². The Labute approximate surface area is 129 Å². The lowest BCUT2D eigenvalue weighted by Gasteiger charge is -2.41. The van der Waals surface area contributed by atoms with Gasteiger partial charge in [0, 0.05) is 12.2 Å². The molecule has 0 aliphatic heterocycles. The van der Waals surface area contributed by atoms with Crippen molar-refractivity contribution in [2.75, 3.05) is 0 Å². The largest absolute Gasteiger partial charge is 0.573 e. The molecule has 0 spiro atoms. The molecule has 0 amide bonds. The molecule has 0 saturated heterocycles. The van der Waals surface area contributed by atoms with Crippen molar-refractivity contribution in [2.45, 2.75) is 31.2 Å². The number of esters is 1. The minimum absolute atomic E-state index is 0.368. The Morgan fingerprint density at radius 1 is 1.13 bits per heavy atom. The third-order valence-electron chi connectivity index (χ3n) is 3.43. The third-order valence-corrected chi connectivity index (χ3v) is 3.43. The highest BCUT2D eigenvalue weighted by Crippen LogP contribution is 2.45. The van der Waals surface area contributed by atoms with Crippen LogP contribution < -0.4 is 4.74 Å². The molecule has 1 aliphatic carbocycles. The topological polar surface area (TPSA) is 72.8 Å². The van der Waals surface area contributed by atoms with Gasteiger partial charge in [0.2, 0.25) is 0 Å². The third kappa shape index (κ3) is 4.48. The lowest BCUT2D eigenvalue weighted by Crippen LogP contribution is -2.38. The Balaban J connectivity index is 2.11. The molecule has 1 aromatic rings. The van der Waals surface area contributed by atoms with Crippen molar-refractivity contribution < 1.29 is 37.3 Å². The van der Waals surface area contributed by atoms with E-state index in [0.29, 0.717) is 24.5 Å². The van der Waals surface area contributed by atoms with Gasteiger partial charge in [-0.2, -0.15) is 0 Å². The van der Waals surface area contributed by atoms with Gasteiger partial charge in [-0.3, -0.25) is 0 Å². The highest BCUT2D eigenvalue weighted by atomic mass is 19.4. The monoisotopic (exact) mass is 330 g/mol. The normalized spacial score (nSPS) is 16.7. The van der Waals surface area contributed by atoms with Crippen LogP contribution in [0.25, 0.3) is 0 Å². The highest BCUT2D eigenvalue weighted by molar-refractivity contribution is 5.91. The molecular weight excluding hydrogens is 317 g/mol. The summed E-state index contributed by atoms with van der Waals surface area (Å²) in [6.45, 7) is 0. The zero-order chi connectivity index (χ0) is 17.1. The SMILES string of the molecule is O=C(O)/C=C/C(=O)OC1(c2ccc(OC(F)(F)F)cc2)CCC1. The van der Waals surface area contributed by atoms with E-state index in [1.165, 1.54) is 12.1 Å². The number of alkyl halides is 3. The molecule has 8 heteroatoms. The average Bonchev–Trinajstić information content (AvgIpc) is 2.40. The maximum absolute atomic E-state index is 12.1. The van der Waals surface area contributed by atoms with Crippen LogP contribution in [0, 0.1) is 0 Å². The molecule has 124 valence electrons. The van der Waals surface area contributed by atoms with Crippen LogP contribution in [0.5, 0.6) is 5.75 Å². The molecule has 0 radical (unpaired) electrons. The number of carboxylic acid groups (broad SMARTS) is 1. The van der Waals surface area contributed by atoms with Crippen LogP contribution >= 0.6 is 0 Å². The molecule has 0 bridgehead atoms. The number of carboxylic acids is 1. The highest BCUT2D eigenvalue weighted by Gasteiger charge is 2.42. The van der Waals surface area contributed by atoms with Gasteiger partial charge in [0.1, 0.15) is 11.4 Å². The van der Waals surface area contributed by atoms with Crippen LogP contribution in [-0.2, 0) is 19.9 Å². The van der Waals surface area contributed by atoms with E-state index in [4.69, 9.17) is 9.84 Å². The molecule has 0 unspecified atom stereocenters. The molecule has 1 aromatic carbocycles. The second-order valence-electron chi connectivity index (χ2n) is 5.01. The average molecular weight is 330 g/mol. The second-order valence-corrected chi connectivity index (χ2v) is 5.01. The summed E-state index contributed by atoms with van der Waals surface area (Å²) in [4.78, 5) is 22.0. The zero-order valence-corrected chi connectivity index (χ0v) is 11.8. The number of carbonyl (C=O) groups is 2. The first-order chi connectivity index (χ1) is 10.7. The van der Waals surface area contributed by atoms with Gasteiger partial charge < -0.3 is 14.6 Å². The van der Waals surface area contributed by atoms with Gasteiger partial charge in [0.05, 0.1) is 0 Å². The molecule has 0 aromatic heterocycles. The van der Waals surface area contributed by atoms with Crippen LogP contribution in [0.2, 0.25) is 0 Å². The van der Waals surface area contributed by atoms with Crippen molar-refractivity contribution in [1.29, 1.82) is 0 Å². The smallest absolute Gasteiger partial charge is 0.478 e. The van der Waals surface area contributed by atoms with Crippen molar-refractivity contribution >= 4 is 11.9 Å². The number of hydrogen-bond acceptors (Lipinski definition) is 4. The van der Waals surface area contributed by atoms with Crippen molar-refractivity contribution in [1.82, 2.24) is 0 Å². The zero-order valence-electron chi connectivity index (χ0n) is 11.8. The summed E-state index contributed by atoms with van der Waals surface area (Å²) in [7, 11) is 0. The second kappa shape index (κ2) is 6.31. The summed E-state index contributed by atoms with van der Waals surface area (Å²) in [5.41, 5.74) is -0.396. The minimum atomic E-state index is -4.77. The number of aliphatic carboxylic acids is 1. The maximum Gasteiger partial charge on any atom is 0.573 e. The van der Waals surface area contributed by atoms with Gasteiger partial charge in [-0.15, -0.1) is 13.2 Å². The van der Waals surface area contributed by atoms with E-state index in [9.17, 15) is 22.8 Å². The first-order valence-electron chi connectivity index (χ1n) is 6.70. The summed E-state index contributed by atoms with van der Waals surface area (Å²) < 4.78 is 45.5. The van der Waals surface area contributed by atoms with Gasteiger partial charge in [-0.05, 0) is 37.0 Å². The van der Waals surface area contributed by atoms with E-state index < -0.39 is 23.9 Å². The standard InChI is InChI=1S/C15H13F3O5/c16-15(17,18)22-11-4-2-10(3-5-11)14(8-1-9-14)23-13(21)7-6-12(19)20/h2-7H,1,8-9H2,(H,19,20)/b7-6+. The Kier molecular flexibility index (Phi) is 4.63. The number of hydrogen-bond donors (Lipinski definition) is 1. The maximum atomic E-state index is 12.1. The fourth-order valence-electron chi connectivity index (χ4n) is 2.27. The molecule has 1 fully saturated rings. The summed E-state index contributed by atoms with van der Waals surface area (Å²) in [5.74, 6) is -2.46. The predicted molar refractivity (Wildman–Crippen MR) is 71.5 cm³/mol. The molecule has 2 rings (SSSR count). The number of halogens is 3. The Morgan fingerprint density at radius 3 is 2.17 bits per heavy atom. The fraction of sp³-hybridized carbons (Fsp3) is 0.333. The van der Waals surface area contributed by atoms with Crippen molar-refractivity contribution in [3.63, 3.8) is 0 Å². The van der Waals surface area contributed by atoms with Gasteiger partial charge in [0.25, 0.3) is 0 Å². The lowest BCUT2D eigenvalue weighted by molar-refractivity contribution is -0.274. The van der Waals surface area contributed by atoms with Crippen LogP contribution in [-0.4, -0.2) is 23.4 Å². The molecule has 0 atom stereocenters. The summed E-state index contributed by atoms with van der Waals surface area (Å²) in [5, 5.41) is 8.47. The van der Waals surface area contributed by atoms with E-state index >= 15 is 0 Å².